The number of azide groups is 2. The first-order valence-corrected chi connectivity index (χ1v) is 8.52. The molecule has 1 aliphatic carbocycles. The molecule has 11 nitrogen and oxygen atoms in total. The lowest BCUT2D eigenvalue weighted by Crippen LogP contribution is -2.57. The molecule has 4 N–H and O–H groups in total. The van der Waals surface area contributed by atoms with Crippen LogP contribution in [0.1, 0.15) is 19.3 Å². The monoisotopic (exact) mass is 360 g/mol. The second kappa shape index (κ2) is 8.75. The Bertz CT molecular complexity index is 528. The van der Waals surface area contributed by atoms with E-state index in [1.54, 1.807) is 0 Å². The van der Waals surface area contributed by atoms with Crippen molar-refractivity contribution in [2.24, 2.45) is 10.2 Å². The smallest absolute Gasteiger partial charge is 0.130 e. The lowest BCUT2D eigenvalue weighted by atomic mass is 9.93. The maximum Gasteiger partial charge on any atom is 0.130 e. The van der Waals surface area contributed by atoms with Crippen molar-refractivity contribution in [3.63, 3.8) is 0 Å². The Morgan fingerprint density at radius 2 is 1.75 bits per heavy atom. The number of hydrogen-bond donors (Lipinski definition) is 4. The summed E-state index contributed by atoms with van der Waals surface area (Å²) in [4.78, 5) is 5.35. The summed E-state index contributed by atoms with van der Waals surface area (Å²) in [5.41, 5.74) is 16.2. The van der Waals surface area contributed by atoms with Crippen molar-refractivity contribution in [2.45, 2.75) is 66.4 Å². The third-order valence-corrected chi connectivity index (χ3v) is 5.83. The first-order chi connectivity index (χ1) is 11.5. The Labute approximate surface area is 141 Å². The van der Waals surface area contributed by atoms with Gasteiger partial charge in [-0.25, -0.2) is 0 Å². The molecule has 2 aliphatic rings. The van der Waals surface area contributed by atoms with E-state index in [-0.39, 0.29) is 5.25 Å². The number of ether oxygens (including phenoxy) is 1. The largest absolute Gasteiger partial charge is 0.394 e. The van der Waals surface area contributed by atoms with E-state index >= 15 is 0 Å². The van der Waals surface area contributed by atoms with Gasteiger partial charge in [0.15, 0.2) is 0 Å². The predicted octanol–water partition coefficient (Wildman–Crippen LogP) is 0.430. The highest BCUT2D eigenvalue weighted by Crippen LogP contribution is 2.38. The minimum absolute atomic E-state index is 0.352. The molecule has 2 fully saturated rings. The van der Waals surface area contributed by atoms with Crippen LogP contribution < -0.4 is 0 Å². The Morgan fingerprint density at radius 3 is 2.38 bits per heavy atom. The molecule has 0 amide bonds. The van der Waals surface area contributed by atoms with Crippen molar-refractivity contribution < 1.29 is 25.2 Å². The third-order valence-electron chi connectivity index (χ3n) is 4.31. The summed E-state index contributed by atoms with van der Waals surface area (Å²) < 4.78 is 5.50. The summed E-state index contributed by atoms with van der Waals surface area (Å²) >= 11 is 1.13. The fraction of sp³-hybridized carbons (Fsp3) is 1.00. The number of aliphatic hydroxyl groups is 4. The molecule has 2 rings (SSSR count). The van der Waals surface area contributed by atoms with Gasteiger partial charge in [0, 0.05) is 15.1 Å². The van der Waals surface area contributed by atoms with E-state index < -0.39 is 48.5 Å². The first kappa shape index (κ1) is 19.1. The van der Waals surface area contributed by atoms with E-state index in [1.165, 1.54) is 0 Å². The van der Waals surface area contributed by atoms with Crippen LogP contribution >= 0.6 is 11.8 Å². The van der Waals surface area contributed by atoms with E-state index in [0.29, 0.717) is 12.8 Å². The average Bonchev–Trinajstić information content (AvgIpc) is 2.57. The fourth-order valence-electron chi connectivity index (χ4n) is 3.01. The van der Waals surface area contributed by atoms with E-state index in [4.69, 9.17) is 15.8 Å². The van der Waals surface area contributed by atoms with Gasteiger partial charge in [0.05, 0.1) is 30.9 Å². The van der Waals surface area contributed by atoms with Crippen molar-refractivity contribution in [1.29, 1.82) is 0 Å². The van der Waals surface area contributed by atoms with Crippen LogP contribution in [-0.2, 0) is 4.74 Å². The Hall–Kier alpha value is -1.23. The molecule has 0 aromatic rings. The van der Waals surface area contributed by atoms with Gasteiger partial charge in [-0.2, -0.15) is 0 Å². The van der Waals surface area contributed by atoms with E-state index in [0.717, 1.165) is 18.2 Å². The molecule has 0 bridgehead atoms. The van der Waals surface area contributed by atoms with Crippen LogP contribution in [0.2, 0.25) is 0 Å². The molecule has 24 heavy (non-hydrogen) atoms. The maximum absolute atomic E-state index is 10.3. The lowest BCUT2D eigenvalue weighted by Gasteiger charge is -2.42. The summed E-state index contributed by atoms with van der Waals surface area (Å²) in [6.07, 6.45) is -2.57. The minimum atomic E-state index is -1.33. The van der Waals surface area contributed by atoms with Crippen LogP contribution in [0.25, 0.3) is 20.9 Å². The molecular formula is C12H20N6O5S. The summed E-state index contributed by atoms with van der Waals surface area (Å²) in [5.74, 6) is 0. The SMILES string of the molecule is [N-]=[N+]=NC1CCC[C@@H](S[C@@H]2OC(CO)[C@H](O)C(N=[N+]=[N-])[C@@H]2O)C1O. The van der Waals surface area contributed by atoms with Crippen LogP contribution in [-0.4, -0.2) is 74.2 Å². The van der Waals surface area contributed by atoms with Gasteiger partial charge >= 0.3 is 0 Å². The van der Waals surface area contributed by atoms with Gasteiger partial charge < -0.3 is 25.2 Å². The van der Waals surface area contributed by atoms with Crippen LogP contribution in [0.4, 0.5) is 0 Å². The van der Waals surface area contributed by atoms with E-state index in [9.17, 15) is 20.4 Å². The topological polar surface area (TPSA) is 188 Å². The highest BCUT2D eigenvalue weighted by atomic mass is 32.2. The summed E-state index contributed by atoms with van der Waals surface area (Å²) in [6.45, 7) is -0.503. The molecule has 1 heterocycles. The molecule has 0 spiro atoms. The number of hydrogen-bond acceptors (Lipinski definition) is 8. The first-order valence-electron chi connectivity index (χ1n) is 7.57. The second-order valence-electron chi connectivity index (χ2n) is 5.77. The van der Waals surface area contributed by atoms with Crippen molar-refractivity contribution >= 4 is 11.8 Å². The quantitative estimate of drug-likeness (QED) is 0.312. The normalized spacial score (nSPS) is 42.7. The second-order valence-corrected chi connectivity index (χ2v) is 7.11. The van der Waals surface area contributed by atoms with Crippen molar-refractivity contribution in [3.8, 4) is 0 Å². The molecule has 0 aromatic carbocycles. The fourth-order valence-corrected chi connectivity index (χ4v) is 4.53. The van der Waals surface area contributed by atoms with Crippen molar-refractivity contribution in [3.05, 3.63) is 20.9 Å². The molecule has 0 aromatic heterocycles. The summed E-state index contributed by atoms with van der Waals surface area (Å²) in [6, 6.07) is -1.71. The molecule has 1 saturated heterocycles. The Balaban J connectivity index is 2.11. The number of aliphatic hydroxyl groups excluding tert-OH is 4. The van der Waals surface area contributed by atoms with Crippen LogP contribution in [0.3, 0.4) is 0 Å². The highest BCUT2D eigenvalue weighted by molar-refractivity contribution is 8.00. The number of rotatable bonds is 5. The predicted molar refractivity (Wildman–Crippen MR) is 84.9 cm³/mol. The van der Waals surface area contributed by atoms with Crippen molar-refractivity contribution in [2.75, 3.05) is 6.61 Å². The standard InChI is InChI=1S/C12H20N6O5S/c13-17-15-5-2-1-3-7(9(5)20)24-12-11(22)8(16-18-14)10(21)6(4-19)23-12/h5-12,19-22H,1-4H2/t5?,6?,7-,8?,9?,10+,11+,12+/m1/s1. The molecule has 12 heteroatoms. The average molecular weight is 360 g/mol. The van der Waals surface area contributed by atoms with Gasteiger partial charge in [0.1, 0.15) is 17.6 Å². The molecular weight excluding hydrogens is 340 g/mol. The summed E-state index contributed by atoms with van der Waals surface area (Å²) in [7, 11) is 0. The minimum Gasteiger partial charge on any atom is -0.394 e. The molecule has 4 unspecified atom stereocenters. The Morgan fingerprint density at radius 1 is 1.04 bits per heavy atom. The van der Waals surface area contributed by atoms with Gasteiger partial charge in [-0.3, -0.25) is 0 Å². The van der Waals surface area contributed by atoms with E-state index in [2.05, 4.69) is 20.1 Å². The van der Waals surface area contributed by atoms with Gasteiger partial charge in [-0.05, 0) is 23.9 Å². The zero-order valence-electron chi connectivity index (χ0n) is 12.7. The number of thioether (sulfide) groups is 1. The van der Waals surface area contributed by atoms with Gasteiger partial charge in [0.25, 0.3) is 0 Å². The third kappa shape index (κ3) is 4.05. The molecule has 0 radical (unpaired) electrons. The summed E-state index contributed by atoms with van der Waals surface area (Å²) in [5, 5.41) is 46.6. The van der Waals surface area contributed by atoms with Crippen LogP contribution in [0.5, 0.6) is 0 Å². The Kier molecular flexibility index (Phi) is 6.96. The molecule has 134 valence electrons. The van der Waals surface area contributed by atoms with E-state index in [1.807, 2.05) is 0 Å². The lowest BCUT2D eigenvalue weighted by molar-refractivity contribution is -0.160. The van der Waals surface area contributed by atoms with Crippen molar-refractivity contribution in [1.82, 2.24) is 0 Å². The molecule has 1 aliphatic heterocycles. The highest BCUT2D eigenvalue weighted by Gasteiger charge is 2.46. The number of nitrogens with zero attached hydrogens (tertiary/aromatic N) is 6. The van der Waals surface area contributed by atoms with Crippen LogP contribution in [0.15, 0.2) is 10.2 Å². The van der Waals surface area contributed by atoms with Crippen LogP contribution in [0, 0.1) is 0 Å². The zero-order chi connectivity index (χ0) is 17.7. The molecule has 8 atom stereocenters. The van der Waals surface area contributed by atoms with Gasteiger partial charge in [-0.15, -0.1) is 11.8 Å². The van der Waals surface area contributed by atoms with Gasteiger partial charge in [0.2, 0.25) is 0 Å². The maximum atomic E-state index is 10.3. The molecule has 1 saturated carbocycles. The van der Waals surface area contributed by atoms with Gasteiger partial charge in [-0.1, -0.05) is 16.6 Å². The zero-order valence-corrected chi connectivity index (χ0v) is 13.6.